The van der Waals surface area contributed by atoms with Gasteiger partial charge in [-0.1, -0.05) is 12.1 Å². The lowest BCUT2D eigenvalue weighted by Gasteiger charge is -1.90. The van der Waals surface area contributed by atoms with Crippen LogP contribution in [0.4, 0.5) is 0 Å². The van der Waals surface area contributed by atoms with Crippen LogP contribution in [0.5, 0.6) is 0 Å². The highest BCUT2D eigenvalue weighted by molar-refractivity contribution is 7.68. The Hall–Kier alpha value is -1.42. The van der Waals surface area contributed by atoms with Crippen LogP contribution in [-0.2, 0) is 11.1 Å². The summed E-state index contributed by atoms with van der Waals surface area (Å²) >= 11 is 1.42. The van der Waals surface area contributed by atoms with E-state index in [1.807, 2.05) is 34.3 Å². The van der Waals surface area contributed by atoms with Gasteiger partial charge < -0.3 is 0 Å². The molecule has 4 heteroatoms. The largest absolute Gasteiger partial charge is 0.226 e. The monoisotopic (exact) mass is 175 g/mol. The van der Waals surface area contributed by atoms with Gasteiger partial charge in [-0.15, -0.1) is 4.47 Å². The molecule has 12 heavy (non-hydrogen) atoms. The Morgan fingerprint density at radius 3 is 3.17 bits per heavy atom. The third-order valence-electron chi connectivity index (χ3n) is 1.85. The normalized spacial score (nSPS) is 13.3. The lowest BCUT2D eigenvalue weighted by Crippen LogP contribution is -1.88. The second kappa shape index (κ2) is 2.04. The van der Waals surface area contributed by atoms with Crippen LogP contribution < -0.4 is 0 Å². The smallest absolute Gasteiger partial charge is 0.167 e. The van der Waals surface area contributed by atoms with E-state index in [-0.39, 0.29) is 0 Å². The maximum Gasteiger partial charge on any atom is 0.167 e. The second-order valence-electron chi connectivity index (χ2n) is 2.58. The molecule has 0 fully saturated rings. The van der Waals surface area contributed by atoms with Gasteiger partial charge in [-0.2, -0.15) is 0 Å². The molecule has 1 aromatic carbocycles. The Balaban J connectivity index is 2.54. The van der Waals surface area contributed by atoms with E-state index in [9.17, 15) is 0 Å². The molecule has 0 unspecified atom stereocenters. The summed E-state index contributed by atoms with van der Waals surface area (Å²) in [7, 11) is 0. The quantitative estimate of drug-likeness (QED) is 0.473. The molecule has 2 heterocycles. The predicted molar refractivity (Wildman–Crippen MR) is 50.1 cm³/mol. The number of fused-ring (bicyclic) bond motifs is 3. The maximum atomic E-state index is 4.39. The van der Waals surface area contributed by atoms with Crippen molar-refractivity contribution in [2.45, 2.75) is 0 Å². The van der Waals surface area contributed by atoms with Gasteiger partial charge in [0.05, 0.1) is 16.4 Å². The van der Waals surface area contributed by atoms with E-state index in [0.717, 1.165) is 16.9 Å². The minimum atomic E-state index is 0.932. The zero-order chi connectivity index (χ0) is 7.97. The molecule has 0 atom stereocenters. The Morgan fingerprint density at radius 2 is 2.17 bits per heavy atom. The number of hydrogen-bond acceptors (Lipinski definition) is 2. The van der Waals surface area contributed by atoms with Gasteiger partial charge in [0, 0.05) is 0 Å². The summed E-state index contributed by atoms with van der Waals surface area (Å²) in [4.78, 5) is 4.39. The fourth-order valence-corrected chi connectivity index (χ4v) is 1.87. The van der Waals surface area contributed by atoms with E-state index in [1.54, 1.807) is 0 Å². The predicted octanol–water partition coefficient (Wildman–Crippen LogP) is 1.23. The number of aromatic nitrogens is 2. The average molecular weight is 175 g/mol. The Kier molecular flexibility index (Phi) is 1.04. The van der Waals surface area contributed by atoms with Crippen molar-refractivity contribution in [2.24, 2.45) is 4.47 Å². The highest BCUT2D eigenvalue weighted by atomic mass is 32.1. The lowest BCUT2D eigenvalue weighted by atomic mass is 10.3. The zero-order valence-corrected chi connectivity index (χ0v) is 6.95. The molecule has 0 amide bonds. The molecular weight excluding hydrogens is 170 g/mol. The van der Waals surface area contributed by atoms with Crippen LogP contribution in [-0.4, -0.2) is 15.0 Å². The Bertz CT molecular complexity index is 520. The third kappa shape index (κ3) is 0.648. The standard InChI is InChI=1S/C8H5N3S/c1-2-4-7-6(3-1)9-8-5-12-10-11(7)8/h1-5H. The molecule has 1 aromatic heterocycles. The first kappa shape index (κ1) is 6.14. The van der Waals surface area contributed by atoms with E-state index >= 15 is 0 Å². The van der Waals surface area contributed by atoms with E-state index in [0.29, 0.717) is 0 Å². The van der Waals surface area contributed by atoms with Gasteiger partial charge in [0.15, 0.2) is 5.82 Å². The molecule has 0 aliphatic carbocycles. The molecule has 2 aromatic rings. The Labute approximate surface area is 72.3 Å². The van der Waals surface area contributed by atoms with Gasteiger partial charge in [-0.05, 0) is 23.3 Å². The summed E-state index contributed by atoms with van der Waals surface area (Å²) in [5.74, 6) is 0.932. The van der Waals surface area contributed by atoms with Crippen LogP contribution in [0.25, 0.3) is 11.0 Å². The van der Waals surface area contributed by atoms with Crippen LogP contribution >= 0.6 is 0 Å². The van der Waals surface area contributed by atoms with E-state index < -0.39 is 0 Å². The van der Waals surface area contributed by atoms with Crippen molar-refractivity contribution in [2.75, 3.05) is 0 Å². The number of hydrogen-bond donors (Lipinski definition) is 0. The number of imidazole rings is 1. The topological polar surface area (TPSA) is 30.2 Å². The number of benzene rings is 1. The SMILES string of the molecule is C1=S=Nn2c1nc1ccccc12. The highest BCUT2D eigenvalue weighted by Gasteiger charge is 2.08. The van der Waals surface area contributed by atoms with Crippen molar-refractivity contribution in [1.29, 1.82) is 0 Å². The van der Waals surface area contributed by atoms with E-state index in [2.05, 4.69) is 9.46 Å². The highest BCUT2D eigenvalue weighted by Crippen LogP contribution is 2.15. The maximum absolute atomic E-state index is 4.39. The van der Waals surface area contributed by atoms with Crippen molar-refractivity contribution in [3.05, 3.63) is 30.1 Å². The lowest BCUT2D eigenvalue weighted by molar-refractivity contribution is 0.928. The Morgan fingerprint density at radius 1 is 1.25 bits per heavy atom. The minimum Gasteiger partial charge on any atom is -0.226 e. The zero-order valence-electron chi connectivity index (χ0n) is 6.14. The van der Waals surface area contributed by atoms with Crippen LogP contribution in [0, 0.1) is 0 Å². The second-order valence-corrected chi connectivity index (χ2v) is 3.19. The van der Waals surface area contributed by atoms with Gasteiger partial charge in [-0.3, -0.25) is 0 Å². The molecule has 58 valence electrons. The summed E-state index contributed by atoms with van der Waals surface area (Å²) in [6.45, 7) is 0. The van der Waals surface area contributed by atoms with Crippen molar-refractivity contribution >= 4 is 27.5 Å². The van der Waals surface area contributed by atoms with Gasteiger partial charge in [0.25, 0.3) is 0 Å². The molecule has 0 radical (unpaired) electrons. The van der Waals surface area contributed by atoms with Crippen molar-refractivity contribution in [3.8, 4) is 0 Å². The first-order chi connectivity index (χ1) is 5.95. The molecule has 3 nitrogen and oxygen atoms in total. The molecule has 1 aliphatic heterocycles. The molecule has 0 saturated carbocycles. The molecule has 3 rings (SSSR count). The van der Waals surface area contributed by atoms with Gasteiger partial charge in [0.1, 0.15) is 0 Å². The van der Waals surface area contributed by atoms with Crippen molar-refractivity contribution in [1.82, 2.24) is 9.66 Å². The molecule has 0 spiro atoms. The summed E-state index contributed by atoms with van der Waals surface area (Å²) < 4.78 is 6.06. The average Bonchev–Trinajstić information content (AvgIpc) is 2.62. The molecule has 0 N–H and O–H groups in total. The van der Waals surface area contributed by atoms with Gasteiger partial charge >= 0.3 is 0 Å². The first-order valence-electron chi connectivity index (χ1n) is 3.63. The summed E-state index contributed by atoms with van der Waals surface area (Å²) in [6, 6.07) is 8.00. The minimum absolute atomic E-state index is 0.932. The molecular formula is C8H5N3S. The number of rotatable bonds is 0. The molecule has 0 bridgehead atoms. The van der Waals surface area contributed by atoms with Crippen LogP contribution in [0.15, 0.2) is 28.7 Å². The van der Waals surface area contributed by atoms with Crippen LogP contribution in [0.1, 0.15) is 5.82 Å². The summed E-state index contributed by atoms with van der Waals surface area (Å²) in [5.41, 5.74) is 2.08. The molecule has 1 aliphatic rings. The first-order valence-corrected chi connectivity index (χ1v) is 4.47. The van der Waals surface area contributed by atoms with E-state index in [1.165, 1.54) is 11.1 Å². The number of nitrogens with zero attached hydrogens (tertiary/aromatic N) is 3. The van der Waals surface area contributed by atoms with Gasteiger partial charge in [-0.25, -0.2) is 9.66 Å². The molecule has 0 saturated heterocycles. The van der Waals surface area contributed by atoms with Crippen LogP contribution in [0.2, 0.25) is 0 Å². The fourth-order valence-electron chi connectivity index (χ4n) is 1.31. The third-order valence-corrected chi connectivity index (χ3v) is 2.42. The van der Waals surface area contributed by atoms with E-state index in [4.69, 9.17) is 0 Å². The van der Waals surface area contributed by atoms with Crippen molar-refractivity contribution in [3.63, 3.8) is 0 Å². The number of para-hydroxylation sites is 2. The van der Waals surface area contributed by atoms with Crippen LogP contribution in [0.3, 0.4) is 0 Å². The summed E-state index contributed by atoms with van der Waals surface area (Å²) in [6.07, 6.45) is 0. The van der Waals surface area contributed by atoms with Crippen molar-refractivity contribution < 1.29 is 0 Å². The fraction of sp³-hybridized carbons (Fsp3) is 0. The van der Waals surface area contributed by atoms with Gasteiger partial charge in [0.2, 0.25) is 0 Å². The summed E-state index contributed by atoms with van der Waals surface area (Å²) in [5, 5.41) is 1.94.